The topological polar surface area (TPSA) is 15.6 Å². The molecule has 2 nitrogen and oxygen atoms in total. The van der Waals surface area contributed by atoms with E-state index in [2.05, 4.69) is 23.2 Å². The molecule has 0 aromatic rings. The van der Waals surface area contributed by atoms with E-state index >= 15 is 0 Å². The van der Waals surface area contributed by atoms with Crippen LogP contribution in [0.2, 0.25) is 0 Å². The van der Waals surface area contributed by atoms with Crippen molar-refractivity contribution in [2.45, 2.75) is 45.1 Å². The Morgan fingerprint density at radius 1 is 1.54 bits per heavy atom. The van der Waals surface area contributed by atoms with Crippen molar-refractivity contribution in [3.05, 3.63) is 0 Å². The molecule has 2 heteroatoms. The zero-order valence-electron chi connectivity index (χ0n) is 8.37. The Kier molecular flexibility index (Phi) is 1.50. The fourth-order valence-corrected chi connectivity index (χ4v) is 3.78. The van der Waals surface area contributed by atoms with Crippen molar-refractivity contribution >= 4 is 6.21 Å². The van der Waals surface area contributed by atoms with Gasteiger partial charge in [-0.3, -0.25) is 5.01 Å². The van der Waals surface area contributed by atoms with Crippen molar-refractivity contribution in [2.75, 3.05) is 6.54 Å². The van der Waals surface area contributed by atoms with Crippen LogP contribution in [0.25, 0.3) is 0 Å². The molecule has 0 amide bonds. The zero-order chi connectivity index (χ0) is 8.89. The standard InChI is InChI=1S/C11H18N2/c1-2-11-5-3-7-13-10(11)9(4-6-11)8-12-13/h8-10H,2-7H2,1H3/t9-,10+,11-/m1/s1. The predicted octanol–water partition coefficient (Wildman–Crippen LogP) is 2.26. The van der Waals surface area contributed by atoms with Gasteiger partial charge in [0.1, 0.15) is 0 Å². The van der Waals surface area contributed by atoms with Crippen LogP contribution >= 0.6 is 0 Å². The van der Waals surface area contributed by atoms with Crippen LogP contribution in [-0.2, 0) is 0 Å². The lowest BCUT2D eigenvalue weighted by atomic mass is 9.72. The lowest BCUT2D eigenvalue weighted by Crippen LogP contribution is -2.46. The summed E-state index contributed by atoms with van der Waals surface area (Å²) in [5.41, 5.74) is 0.638. The summed E-state index contributed by atoms with van der Waals surface area (Å²) >= 11 is 0. The minimum Gasteiger partial charge on any atom is -0.293 e. The highest BCUT2D eigenvalue weighted by Gasteiger charge is 2.53. The summed E-state index contributed by atoms with van der Waals surface area (Å²) in [6, 6.07) is 0.784. The van der Waals surface area contributed by atoms with E-state index < -0.39 is 0 Å². The molecule has 0 bridgehead atoms. The first-order chi connectivity index (χ1) is 6.36. The van der Waals surface area contributed by atoms with Gasteiger partial charge in [0.25, 0.3) is 0 Å². The third kappa shape index (κ3) is 0.866. The molecule has 2 heterocycles. The van der Waals surface area contributed by atoms with E-state index in [1.165, 1.54) is 38.6 Å². The first kappa shape index (κ1) is 7.84. The van der Waals surface area contributed by atoms with Gasteiger partial charge in [0, 0.05) is 18.7 Å². The molecule has 1 saturated carbocycles. The van der Waals surface area contributed by atoms with Gasteiger partial charge in [0.2, 0.25) is 0 Å². The van der Waals surface area contributed by atoms with Crippen molar-refractivity contribution in [3.8, 4) is 0 Å². The molecule has 0 spiro atoms. The second kappa shape index (κ2) is 2.49. The molecule has 13 heavy (non-hydrogen) atoms. The second-order valence-corrected chi connectivity index (χ2v) is 4.89. The van der Waals surface area contributed by atoms with Gasteiger partial charge < -0.3 is 0 Å². The van der Waals surface area contributed by atoms with Crippen molar-refractivity contribution in [2.24, 2.45) is 16.4 Å². The maximum atomic E-state index is 4.54. The van der Waals surface area contributed by atoms with E-state index in [9.17, 15) is 0 Å². The summed E-state index contributed by atoms with van der Waals surface area (Å²) in [6.45, 7) is 3.57. The molecule has 1 aliphatic carbocycles. The molecule has 72 valence electrons. The third-order valence-corrected chi connectivity index (χ3v) is 4.50. The van der Waals surface area contributed by atoms with Crippen LogP contribution in [0.4, 0.5) is 0 Å². The number of nitrogens with zero attached hydrogens (tertiary/aromatic N) is 2. The SMILES string of the molecule is CC[C@@]12CCCN3N=C[C@@H](CC1)[C@H]32. The van der Waals surface area contributed by atoms with E-state index in [1.54, 1.807) is 0 Å². The quantitative estimate of drug-likeness (QED) is 0.601. The lowest BCUT2D eigenvalue weighted by Gasteiger charge is -2.43. The first-order valence-electron chi connectivity index (χ1n) is 5.66. The van der Waals surface area contributed by atoms with Crippen LogP contribution in [-0.4, -0.2) is 23.8 Å². The van der Waals surface area contributed by atoms with Crippen LogP contribution in [0, 0.1) is 11.3 Å². The number of rotatable bonds is 1. The van der Waals surface area contributed by atoms with Gasteiger partial charge in [0.15, 0.2) is 0 Å². The Labute approximate surface area is 80.0 Å². The highest BCUT2D eigenvalue weighted by Crippen LogP contribution is 2.53. The number of hydrogen-bond acceptors (Lipinski definition) is 2. The molecular weight excluding hydrogens is 160 g/mol. The van der Waals surface area contributed by atoms with Gasteiger partial charge >= 0.3 is 0 Å². The van der Waals surface area contributed by atoms with E-state index in [0.29, 0.717) is 5.41 Å². The Morgan fingerprint density at radius 3 is 3.31 bits per heavy atom. The van der Waals surface area contributed by atoms with Gasteiger partial charge in [-0.25, -0.2) is 0 Å². The van der Waals surface area contributed by atoms with Crippen LogP contribution in [0.1, 0.15) is 39.0 Å². The van der Waals surface area contributed by atoms with Gasteiger partial charge in [-0.2, -0.15) is 5.10 Å². The fourth-order valence-electron chi connectivity index (χ4n) is 3.78. The Morgan fingerprint density at radius 2 is 2.46 bits per heavy atom. The fraction of sp³-hybridized carbons (Fsp3) is 0.909. The van der Waals surface area contributed by atoms with Crippen molar-refractivity contribution in [3.63, 3.8) is 0 Å². The average molecular weight is 178 g/mol. The minimum atomic E-state index is 0.638. The first-order valence-corrected chi connectivity index (χ1v) is 5.66. The number of piperidine rings is 1. The molecule has 2 aliphatic heterocycles. The van der Waals surface area contributed by atoms with Crippen LogP contribution in [0.5, 0.6) is 0 Å². The van der Waals surface area contributed by atoms with Crippen molar-refractivity contribution in [1.82, 2.24) is 5.01 Å². The molecule has 3 atom stereocenters. The monoisotopic (exact) mass is 178 g/mol. The lowest BCUT2D eigenvalue weighted by molar-refractivity contribution is 0.0386. The van der Waals surface area contributed by atoms with Crippen molar-refractivity contribution in [1.29, 1.82) is 0 Å². The largest absolute Gasteiger partial charge is 0.293 e. The number of hydrogen-bond donors (Lipinski definition) is 0. The molecule has 1 saturated heterocycles. The van der Waals surface area contributed by atoms with E-state index in [-0.39, 0.29) is 0 Å². The molecule has 0 aromatic carbocycles. The molecular formula is C11H18N2. The molecule has 3 aliphatic rings. The maximum Gasteiger partial charge on any atom is 0.0604 e. The van der Waals surface area contributed by atoms with E-state index in [0.717, 1.165) is 12.0 Å². The average Bonchev–Trinajstić information content (AvgIpc) is 2.74. The zero-order valence-corrected chi connectivity index (χ0v) is 8.37. The molecule has 0 N–H and O–H groups in total. The van der Waals surface area contributed by atoms with Crippen molar-refractivity contribution < 1.29 is 0 Å². The Bertz CT molecular complexity index is 248. The summed E-state index contributed by atoms with van der Waals surface area (Å²) in [7, 11) is 0. The Hall–Kier alpha value is -0.530. The Balaban J connectivity index is 1.97. The van der Waals surface area contributed by atoms with Crippen LogP contribution in [0.3, 0.4) is 0 Å². The summed E-state index contributed by atoms with van der Waals surface area (Å²) in [5.74, 6) is 0.792. The van der Waals surface area contributed by atoms with Crippen LogP contribution in [0.15, 0.2) is 5.10 Å². The van der Waals surface area contributed by atoms with Gasteiger partial charge in [-0.1, -0.05) is 6.92 Å². The van der Waals surface area contributed by atoms with E-state index in [4.69, 9.17) is 0 Å². The normalized spacial score (nSPS) is 47.0. The van der Waals surface area contributed by atoms with Gasteiger partial charge in [-0.15, -0.1) is 0 Å². The summed E-state index contributed by atoms with van der Waals surface area (Å²) in [5, 5.41) is 6.92. The summed E-state index contributed by atoms with van der Waals surface area (Å²) < 4.78 is 0. The van der Waals surface area contributed by atoms with Gasteiger partial charge in [-0.05, 0) is 37.5 Å². The molecule has 2 fully saturated rings. The molecule has 3 rings (SSSR count). The highest BCUT2D eigenvalue weighted by atomic mass is 15.5. The molecule has 0 unspecified atom stereocenters. The highest BCUT2D eigenvalue weighted by molar-refractivity contribution is 5.65. The third-order valence-electron chi connectivity index (χ3n) is 4.50. The second-order valence-electron chi connectivity index (χ2n) is 4.89. The summed E-state index contributed by atoms with van der Waals surface area (Å²) in [4.78, 5) is 0. The predicted molar refractivity (Wildman–Crippen MR) is 53.7 cm³/mol. The summed E-state index contributed by atoms with van der Waals surface area (Å²) in [6.07, 6.45) is 9.21. The smallest absolute Gasteiger partial charge is 0.0604 e. The number of hydrazone groups is 1. The minimum absolute atomic E-state index is 0.638. The molecule has 0 aromatic heterocycles. The van der Waals surface area contributed by atoms with Gasteiger partial charge in [0.05, 0.1) is 6.04 Å². The maximum absolute atomic E-state index is 4.54. The van der Waals surface area contributed by atoms with Crippen LogP contribution < -0.4 is 0 Å². The molecule has 0 radical (unpaired) electrons. The van der Waals surface area contributed by atoms with E-state index in [1.807, 2.05) is 0 Å².